The van der Waals surface area contributed by atoms with Gasteiger partial charge >= 0.3 is 0 Å². The van der Waals surface area contributed by atoms with E-state index in [1.54, 1.807) is 6.07 Å². The number of halogens is 2. The van der Waals surface area contributed by atoms with Crippen LogP contribution < -0.4 is 5.73 Å². The Balaban J connectivity index is 0.000000720. The van der Waals surface area contributed by atoms with E-state index in [2.05, 4.69) is 0 Å². The standard InChI is InChI=1S/C9H10FN.ClH/c10-8-4-2-1-3-6(8)7-5-9(7)11;/h1-4,7,9H,5,11H2;1H/t7-,9-;/m1./s1. The molecule has 1 aliphatic carbocycles. The minimum atomic E-state index is -0.120. The molecule has 1 saturated carbocycles. The van der Waals surface area contributed by atoms with Gasteiger partial charge < -0.3 is 5.73 Å². The predicted molar refractivity (Wildman–Crippen MR) is 49.0 cm³/mol. The van der Waals surface area contributed by atoms with Crippen LogP contribution in [-0.2, 0) is 0 Å². The topological polar surface area (TPSA) is 26.0 Å². The molecule has 2 N–H and O–H groups in total. The minimum absolute atomic E-state index is 0. The van der Waals surface area contributed by atoms with Gasteiger partial charge in [-0.25, -0.2) is 4.39 Å². The first-order valence-corrected chi connectivity index (χ1v) is 3.79. The molecule has 0 bridgehead atoms. The molecule has 1 aromatic rings. The Kier molecular flexibility index (Phi) is 2.70. The van der Waals surface area contributed by atoms with Gasteiger partial charge in [0.2, 0.25) is 0 Å². The number of rotatable bonds is 1. The molecule has 12 heavy (non-hydrogen) atoms. The highest BCUT2D eigenvalue weighted by atomic mass is 35.5. The zero-order valence-electron chi connectivity index (χ0n) is 6.53. The molecular formula is C9H11ClFN. The first-order chi connectivity index (χ1) is 5.29. The molecule has 1 nitrogen and oxygen atoms in total. The fourth-order valence-corrected chi connectivity index (χ4v) is 1.35. The summed E-state index contributed by atoms with van der Waals surface area (Å²) in [5.74, 6) is 0.154. The van der Waals surface area contributed by atoms with Crippen molar-refractivity contribution in [3.63, 3.8) is 0 Å². The van der Waals surface area contributed by atoms with E-state index < -0.39 is 0 Å². The zero-order valence-corrected chi connectivity index (χ0v) is 7.35. The molecule has 0 heterocycles. The summed E-state index contributed by atoms with van der Waals surface area (Å²) in [5, 5.41) is 0. The van der Waals surface area contributed by atoms with Crippen molar-refractivity contribution in [1.29, 1.82) is 0 Å². The third kappa shape index (κ3) is 1.59. The van der Waals surface area contributed by atoms with Gasteiger partial charge in [-0.1, -0.05) is 18.2 Å². The summed E-state index contributed by atoms with van der Waals surface area (Å²) in [7, 11) is 0. The van der Waals surface area contributed by atoms with E-state index >= 15 is 0 Å². The van der Waals surface area contributed by atoms with E-state index in [9.17, 15) is 4.39 Å². The summed E-state index contributed by atoms with van der Waals surface area (Å²) in [6.45, 7) is 0. The summed E-state index contributed by atoms with van der Waals surface area (Å²) in [6.07, 6.45) is 0.931. The largest absolute Gasteiger partial charge is 0.327 e. The van der Waals surface area contributed by atoms with Crippen LogP contribution in [0.1, 0.15) is 17.9 Å². The van der Waals surface area contributed by atoms with Gasteiger partial charge in [-0.3, -0.25) is 0 Å². The Labute approximate surface area is 77.2 Å². The van der Waals surface area contributed by atoms with Crippen LogP contribution in [0.2, 0.25) is 0 Å². The molecule has 2 rings (SSSR count). The Morgan fingerprint density at radius 1 is 1.33 bits per heavy atom. The maximum atomic E-state index is 13.0. The lowest BCUT2D eigenvalue weighted by Crippen LogP contribution is -2.01. The van der Waals surface area contributed by atoms with Crippen molar-refractivity contribution in [1.82, 2.24) is 0 Å². The lowest BCUT2D eigenvalue weighted by atomic mass is 10.1. The highest BCUT2D eigenvalue weighted by molar-refractivity contribution is 5.85. The van der Waals surface area contributed by atoms with Crippen LogP contribution in [0.15, 0.2) is 24.3 Å². The second-order valence-corrected chi connectivity index (χ2v) is 3.03. The van der Waals surface area contributed by atoms with Crippen molar-refractivity contribution < 1.29 is 4.39 Å². The quantitative estimate of drug-likeness (QED) is 0.716. The van der Waals surface area contributed by atoms with Crippen LogP contribution in [0.5, 0.6) is 0 Å². The van der Waals surface area contributed by atoms with Gasteiger partial charge in [0.05, 0.1) is 0 Å². The molecule has 0 radical (unpaired) electrons. The molecule has 0 unspecified atom stereocenters. The van der Waals surface area contributed by atoms with E-state index in [4.69, 9.17) is 5.73 Å². The molecule has 0 aromatic heterocycles. The first kappa shape index (κ1) is 9.49. The Morgan fingerprint density at radius 2 is 1.92 bits per heavy atom. The smallest absolute Gasteiger partial charge is 0.126 e. The normalized spacial score (nSPS) is 26.2. The minimum Gasteiger partial charge on any atom is -0.327 e. The van der Waals surface area contributed by atoms with Gasteiger partial charge in [0.25, 0.3) is 0 Å². The number of hydrogen-bond donors (Lipinski definition) is 1. The Morgan fingerprint density at radius 3 is 2.42 bits per heavy atom. The van der Waals surface area contributed by atoms with Crippen molar-refractivity contribution in [3.05, 3.63) is 35.6 Å². The molecule has 3 heteroatoms. The Hall–Kier alpha value is -0.600. The third-order valence-corrected chi connectivity index (χ3v) is 2.14. The van der Waals surface area contributed by atoms with E-state index in [1.807, 2.05) is 12.1 Å². The highest BCUT2D eigenvalue weighted by Crippen LogP contribution is 2.39. The van der Waals surface area contributed by atoms with Crippen molar-refractivity contribution in [2.45, 2.75) is 18.4 Å². The van der Waals surface area contributed by atoms with Crippen LogP contribution in [0.25, 0.3) is 0 Å². The van der Waals surface area contributed by atoms with Gasteiger partial charge in [0, 0.05) is 12.0 Å². The van der Waals surface area contributed by atoms with Gasteiger partial charge in [-0.2, -0.15) is 0 Å². The van der Waals surface area contributed by atoms with E-state index in [0.717, 1.165) is 12.0 Å². The molecule has 0 aliphatic heterocycles. The van der Waals surface area contributed by atoms with Crippen LogP contribution >= 0.6 is 12.4 Å². The number of hydrogen-bond acceptors (Lipinski definition) is 1. The first-order valence-electron chi connectivity index (χ1n) is 3.79. The van der Waals surface area contributed by atoms with Crippen molar-refractivity contribution in [2.75, 3.05) is 0 Å². The monoisotopic (exact) mass is 187 g/mol. The average molecular weight is 188 g/mol. The lowest BCUT2D eigenvalue weighted by molar-refractivity contribution is 0.609. The van der Waals surface area contributed by atoms with Gasteiger partial charge in [0.1, 0.15) is 5.82 Å². The molecule has 2 atom stereocenters. The van der Waals surface area contributed by atoms with E-state index in [0.29, 0.717) is 0 Å². The SMILES string of the molecule is Cl.N[C@@H]1C[C@@H]1c1ccccc1F. The summed E-state index contributed by atoms with van der Waals surface area (Å²) in [4.78, 5) is 0. The molecule has 1 aromatic carbocycles. The zero-order chi connectivity index (χ0) is 7.84. The average Bonchev–Trinajstić information content (AvgIpc) is 2.68. The molecule has 66 valence electrons. The van der Waals surface area contributed by atoms with E-state index in [1.165, 1.54) is 6.07 Å². The van der Waals surface area contributed by atoms with Gasteiger partial charge in [-0.05, 0) is 18.1 Å². The maximum absolute atomic E-state index is 13.0. The van der Waals surface area contributed by atoms with Crippen LogP contribution in [0.3, 0.4) is 0 Å². The van der Waals surface area contributed by atoms with Crippen LogP contribution in [0.4, 0.5) is 4.39 Å². The van der Waals surface area contributed by atoms with Crippen LogP contribution in [-0.4, -0.2) is 6.04 Å². The molecule has 0 amide bonds. The summed E-state index contributed by atoms with van der Waals surface area (Å²) in [5.41, 5.74) is 6.38. The second kappa shape index (κ2) is 3.42. The fraction of sp³-hybridized carbons (Fsp3) is 0.333. The summed E-state index contributed by atoms with van der Waals surface area (Å²) in [6, 6.07) is 7.04. The fourth-order valence-electron chi connectivity index (χ4n) is 1.35. The van der Waals surface area contributed by atoms with Crippen LogP contribution in [0, 0.1) is 5.82 Å². The molecule has 1 fully saturated rings. The van der Waals surface area contributed by atoms with E-state index in [-0.39, 0.29) is 30.2 Å². The number of nitrogens with two attached hydrogens (primary N) is 1. The number of benzene rings is 1. The highest BCUT2D eigenvalue weighted by Gasteiger charge is 2.36. The van der Waals surface area contributed by atoms with Crippen molar-refractivity contribution in [3.8, 4) is 0 Å². The predicted octanol–water partition coefficient (Wildman–Crippen LogP) is 2.06. The molecule has 1 aliphatic rings. The molecule has 0 spiro atoms. The second-order valence-electron chi connectivity index (χ2n) is 3.03. The molecular weight excluding hydrogens is 177 g/mol. The summed E-state index contributed by atoms with van der Waals surface area (Å²) < 4.78 is 13.0. The summed E-state index contributed by atoms with van der Waals surface area (Å²) >= 11 is 0. The van der Waals surface area contributed by atoms with Crippen molar-refractivity contribution in [2.24, 2.45) is 5.73 Å². The third-order valence-electron chi connectivity index (χ3n) is 2.14. The lowest BCUT2D eigenvalue weighted by Gasteiger charge is -1.98. The Bertz CT molecular complexity index is 277. The van der Waals surface area contributed by atoms with Crippen molar-refractivity contribution >= 4 is 12.4 Å². The maximum Gasteiger partial charge on any atom is 0.126 e. The molecule has 0 saturated heterocycles. The van der Waals surface area contributed by atoms with Gasteiger partial charge in [0.15, 0.2) is 0 Å². The van der Waals surface area contributed by atoms with Gasteiger partial charge in [-0.15, -0.1) is 12.4 Å².